The molecule has 0 saturated carbocycles. The molecule has 0 rings (SSSR count). The molecular weight excluding hydrogens is 133 g/mol. The second-order valence-electron chi connectivity index (χ2n) is 3.03. The van der Waals surface area contributed by atoms with Gasteiger partial charge in [-0.05, 0) is 18.2 Å². The Kier molecular flexibility index (Phi) is 4.63. The third-order valence-corrected chi connectivity index (χ3v) is 1.71. The van der Waals surface area contributed by atoms with E-state index in [9.17, 15) is 0 Å². The summed E-state index contributed by atoms with van der Waals surface area (Å²) in [4.78, 5) is 0. The van der Waals surface area contributed by atoms with Gasteiger partial charge in [0, 0.05) is 0 Å². The highest BCUT2D eigenvalue weighted by Gasteiger charge is 2.13. The fourth-order valence-corrected chi connectivity index (χ4v) is 1.16. The van der Waals surface area contributed by atoms with Gasteiger partial charge in [0.15, 0.2) is 0 Å². The molecule has 0 aliphatic carbocycles. The molecule has 0 bridgehead atoms. The van der Waals surface area contributed by atoms with Crippen molar-refractivity contribution >= 4 is 7.98 Å². The van der Waals surface area contributed by atoms with Crippen LogP contribution in [0.3, 0.4) is 0 Å². The summed E-state index contributed by atoms with van der Waals surface area (Å²) in [6.45, 7) is 14.1. The Balaban J connectivity index is 4.09. The first-order valence-electron chi connectivity index (χ1n) is 3.85. The molecule has 2 heteroatoms. The predicted octanol–water partition coefficient (Wildman–Crippen LogP) is 0.909. The fraction of sp³-hybridized carbons (Fsp3) is 0.333. The van der Waals surface area contributed by atoms with E-state index in [4.69, 9.17) is 0 Å². The lowest BCUT2D eigenvalue weighted by atomic mass is 10.1. The summed E-state index contributed by atoms with van der Waals surface area (Å²) in [7, 11) is 2.17. The summed E-state index contributed by atoms with van der Waals surface area (Å²) in [5.41, 5.74) is 0. The Bertz CT molecular complexity index is 125. The van der Waals surface area contributed by atoms with Gasteiger partial charge in [0.25, 0.3) is 0 Å². The molecule has 0 N–H and O–H groups in total. The fourth-order valence-electron chi connectivity index (χ4n) is 1.16. The Morgan fingerprint density at radius 3 is 1.36 bits per heavy atom. The minimum absolute atomic E-state index is 0.927. The maximum atomic E-state index is 3.73. The number of hydrogen-bond acceptors (Lipinski definition) is 0. The molecule has 0 radical (unpaired) electrons. The quantitative estimate of drug-likeness (QED) is 0.390. The Morgan fingerprint density at radius 2 is 1.18 bits per heavy atom. The second kappa shape index (κ2) is 4.97. The lowest BCUT2D eigenvalue weighted by Gasteiger charge is -2.32. The van der Waals surface area contributed by atoms with Gasteiger partial charge < -0.3 is 4.39 Å². The van der Waals surface area contributed by atoms with Crippen molar-refractivity contribution in [1.29, 1.82) is 0 Å². The maximum Gasteiger partial charge on any atom is 0.373 e. The molecule has 0 aliphatic rings. The molecule has 0 aromatic rings. The third kappa shape index (κ3) is 3.84. The van der Waals surface area contributed by atoms with Crippen LogP contribution in [0.15, 0.2) is 38.0 Å². The molecule has 60 valence electrons. The molecule has 0 atom stereocenters. The third-order valence-electron chi connectivity index (χ3n) is 1.71. The zero-order valence-electron chi connectivity index (χ0n) is 7.42. The summed E-state index contributed by atoms with van der Waals surface area (Å²) in [6, 6.07) is 0. The summed E-state index contributed by atoms with van der Waals surface area (Å²) >= 11 is 0. The summed E-state index contributed by atoms with van der Waals surface area (Å²) in [6.07, 6.45) is 5.81. The molecule has 0 aromatic heterocycles. The molecule has 0 aromatic carbocycles. The van der Waals surface area contributed by atoms with Crippen LogP contribution >= 0.6 is 0 Å². The first-order valence-corrected chi connectivity index (χ1v) is 3.85. The van der Waals surface area contributed by atoms with Crippen molar-refractivity contribution in [2.24, 2.45) is 0 Å². The Morgan fingerprint density at radius 1 is 0.909 bits per heavy atom. The van der Waals surface area contributed by atoms with Crippen molar-refractivity contribution in [2.45, 2.75) is 0 Å². The monoisotopic (exact) mass is 150 g/mol. The molecule has 0 aliphatic heterocycles. The van der Waals surface area contributed by atoms with Crippen LogP contribution in [0.25, 0.3) is 0 Å². The average Bonchev–Trinajstić information content (AvgIpc) is 1.88. The zero-order chi connectivity index (χ0) is 8.74. The van der Waals surface area contributed by atoms with Gasteiger partial charge >= 0.3 is 7.98 Å². The van der Waals surface area contributed by atoms with E-state index in [2.05, 4.69) is 27.7 Å². The van der Waals surface area contributed by atoms with Crippen molar-refractivity contribution in [2.75, 3.05) is 19.6 Å². The van der Waals surface area contributed by atoms with E-state index in [0.29, 0.717) is 0 Å². The minimum Gasteiger partial charge on any atom is -0.390 e. The van der Waals surface area contributed by atoms with E-state index in [1.54, 1.807) is 0 Å². The van der Waals surface area contributed by atoms with E-state index in [0.717, 1.165) is 24.0 Å². The summed E-state index contributed by atoms with van der Waals surface area (Å²) < 4.78 is 0.927. The van der Waals surface area contributed by atoms with Gasteiger partial charge in [-0.25, -0.2) is 0 Å². The largest absolute Gasteiger partial charge is 0.390 e. The molecule has 0 fully saturated rings. The zero-order valence-corrected chi connectivity index (χ0v) is 7.42. The highest BCUT2D eigenvalue weighted by Crippen LogP contribution is 2.00. The number of quaternary nitrogens is 1. The number of nitrogens with zero attached hydrogens (tertiary/aromatic N) is 1. The van der Waals surface area contributed by atoms with Crippen molar-refractivity contribution in [1.82, 2.24) is 0 Å². The van der Waals surface area contributed by atoms with E-state index in [-0.39, 0.29) is 0 Å². The maximum absolute atomic E-state index is 3.73. The molecule has 0 heterocycles. The van der Waals surface area contributed by atoms with Gasteiger partial charge in [-0.15, -0.1) is 0 Å². The van der Waals surface area contributed by atoms with Crippen LogP contribution in [0.5, 0.6) is 0 Å². The van der Waals surface area contributed by atoms with E-state index < -0.39 is 0 Å². The van der Waals surface area contributed by atoms with Gasteiger partial charge in [0.05, 0.1) is 19.6 Å². The lowest BCUT2D eigenvalue weighted by molar-refractivity contribution is -0.797. The second-order valence-corrected chi connectivity index (χ2v) is 3.03. The van der Waals surface area contributed by atoms with Crippen LogP contribution < -0.4 is 0 Å². The van der Waals surface area contributed by atoms with Crippen LogP contribution in [0, 0.1) is 0 Å². The smallest absolute Gasteiger partial charge is 0.373 e. The summed E-state index contributed by atoms with van der Waals surface area (Å²) in [5, 5.41) is 0. The topological polar surface area (TPSA) is 0 Å². The van der Waals surface area contributed by atoms with Crippen LogP contribution in [0.1, 0.15) is 0 Å². The van der Waals surface area contributed by atoms with Gasteiger partial charge in [-0.3, -0.25) is 0 Å². The highest BCUT2D eigenvalue weighted by molar-refractivity contribution is 5.97. The summed E-state index contributed by atoms with van der Waals surface area (Å²) in [5.74, 6) is 0. The minimum atomic E-state index is 0.927. The SMILES string of the molecule is B[N+](CC=C)(CC=C)CC=C. The molecule has 0 spiro atoms. The molecule has 1 nitrogen and oxygen atoms in total. The Hall–Kier alpha value is -0.755. The predicted molar refractivity (Wildman–Crippen MR) is 54.0 cm³/mol. The molecule has 0 amide bonds. The molecule has 0 unspecified atom stereocenters. The molecule has 0 saturated heterocycles. The number of hydrogen-bond donors (Lipinski definition) is 0. The standard InChI is InChI=1S/C9H17BN/c1-4-7-11(10,8-5-2)9-6-3/h4-6H,1-3,7-10H2/q+1. The van der Waals surface area contributed by atoms with Crippen molar-refractivity contribution < 1.29 is 4.39 Å². The van der Waals surface area contributed by atoms with Gasteiger partial charge in [-0.1, -0.05) is 19.7 Å². The van der Waals surface area contributed by atoms with Crippen LogP contribution in [-0.2, 0) is 0 Å². The van der Waals surface area contributed by atoms with E-state index in [1.165, 1.54) is 0 Å². The van der Waals surface area contributed by atoms with E-state index in [1.807, 2.05) is 18.2 Å². The van der Waals surface area contributed by atoms with Crippen molar-refractivity contribution in [3.63, 3.8) is 0 Å². The van der Waals surface area contributed by atoms with Crippen molar-refractivity contribution in [3.05, 3.63) is 38.0 Å². The first-order chi connectivity index (χ1) is 5.18. The first kappa shape index (κ1) is 10.2. The average molecular weight is 150 g/mol. The van der Waals surface area contributed by atoms with Crippen LogP contribution in [0.2, 0.25) is 0 Å². The number of rotatable bonds is 6. The molecular formula is C9H17BN+. The lowest BCUT2D eigenvalue weighted by Crippen LogP contribution is -2.45. The van der Waals surface area contributed by atoms with E-state index >= 15 is 0 Å². The highest BCUT2D eigenvalue weighted by atomic mass is 15.3. The van der Waals surface area contributed by atoms with Gasteiger partial charge in [0.2, 0.25) is 0 Å². The molecule has 11 heavy (non-hydrogen) atoms. The Labute approximate surface area is 70.7 Å². The normalized spacial score (nSPS) is 10.5. The van der Waals surface area contributed by atoms with Crippen LogP contribution in [-0.4, -0.2) is 32.0 Å². The van der Waals surface area contributed by atoms with Crippen LogP contribution in [0.4, 0.5) is 0 Å². The van der Waals surface area contributed by atoms with Gasteiger partial charge in [0.1, 0.15) is 0 Å². The van der Waals surface area contributed by atoms with Crippen molar-refractivity contribution in [3.8, 4) is 0 Å². The van der Waals surface area contributed by atoms with Gasteiger partial charge in [-0.2, -0.15) is 0 Å².